The number of para-hydroxylation sites is 1. The SMILES string of the molecule is O=C(COC(=O)c1ccccc1COc1ccccc1)c1cccc(F)c1. The summed E-state index contributed by atoms with van der Waals surface area (Å²) >= 11 is 0. The maximum atomic E-state index is 13.2. The molecule has 0 saturated carbocycles. The molecule has 0 aliphatic rings. The Morgan fingerprint density at radius 1 is 0.852 bits per heavy atom. The summed E-state index contributed by atoms with van der Waals surface area (Å²) in [4.78, 5) is 24.4. The quantitative estimate of drug-likeness (QED) is 0.459. The number of carbonyl (C=O) groups excluding carboxylic acids is 2. The minimum absolute atomic E-state index is 0.156. The van der Waals surface area contributed by atoms with Gasteiger partial charge in [-0.2, -0.15) is 0 Å². The molecule has 0 spiro atoms. The fourth-order valence-corrected chi connectivity index (χ4v) is 2.48. The van der Waals surface area contributed by atoms with Crippen molar-refractivity contribution in [2.24, 2.45) is 0 Å². The van der Waals surface area contributed by atoms with E-state index >= 15 is 0 Å². The standard InChI is InChI=1S/C22H17FO4/c23-18-9-6-8-16(13-18)21(24)15-27-22(25)20-12-5-4-7-17(20)14-26-19-10-2-1-3-11-19/h1-13H,14-15H2. The molecule has 0 heterocycles. The van der Waals surface area contributed by atoms with Crippen molar-refractivity contribution in [2.45, 2.75) is 6.61 Å². The van der Waals surface area contributed by atoms with Gasteiger partial charge in [0.05, 0.1) is 5.56 Å². The average Bonchev–Trinajstić information content (AvgIpc) is 2.71. The lowest BCUT2D eigenvalue weighted by atomic mass is 10.1. The van der Waals surface area contributed by atoms with Gasteiger partial charge in [0.15, 0.2) is 12.4 Å². The van der Waals surface area contributed by atoms with Crippen molar-refractivity contribution < 1.29 is 23.5 Å². The number of benzene rings is 3. The number of ketones is 1. The number of esters is 1. The summed E-state index contributed by atoms with van der Waals surface area (Å²) in [6, 6.07) is 21.3. The first-order chi connectivity index (χ1) is 13.1. The van der Waals surface area contributed by atoms with Crippen molar-refractivity contribution in [3.63, 3.8) is 0 Å². The summed E-state index contributed by atoms with van der Waals surface area (Å²) in [5.41, 5.74) is 1.12. The highest BCUT2D eigenvalue weighted by Gasteiger charge is 2.15. The van der Waals surface area contributed by atoms with E-state index in [0.29, 0.717) is 16.9 Å². The third kappa shape index (κ3) is 5.01. The van der Waals surface area contributed by atoms with Gasteiger partial charge in [-0.15, -0.1) is 0 Å². The third-order valence-electron chi connectivity index (χ3n) is 3.86. The Morgan fingerprint density at radius 3 is 2.37 bits per heavy atom. The fourth-order valence-electron chi connectivity index (χ4n) is 2.48. The van der Waals surface area contributed by atoms with E-state index in [4.69, 9.17) is 9.47 Å². The molecule has 0 unspecified atom stereocenters. The van der Waals surface area contributed by atoms with Crippen LogP contribution in [0.1, 0.15) is 26.3 Å². The topological polar surface area (TPSA) is 52.6 Å². The van der Waals surface area contributed by atoms with Crippen LogP contribution in [0, 0.1) is 5.82 Å². The van der Waals surface area contributed by atoms with Crippen LogP contribution in [-0.4, -0.2) is 18.4 Å². The molecule has 3 aromatic carbocycles. The Bertz CT molecular complexity index is 938. The summed E-state index contributed by atoms with van der Waals surface area (Å²) in [6.45, 7) is -0.275. The van der Waals surface area contributed by atoms with Crippen molar-refractivity contribution >= 4 is 11.8 Å². The smallest absolute Gasteiger partial charge is 0.338 e. The molecule has 0 atom stereocenters. The third-order valence-corrected chi connectivity index (χ3v) is 3.86. The summed E-state index contributed by atoms with van der Waals surface area (Å²) < 4.78 is 24.0. The molecule has 4 nitrogen and oxygen atoms in total. The van der Waals surface area contributed by atoms with E-state index in [2.05, 4.69) is 0 Å². The normalized spacial score (nSPS) is 10.3. The zero-order valence-corrected chi connectivity index (χ0v) is 14.4. The van der Waals surface area contributed by atoms with Crippen LogP contribution in [0.3, 0.4) is 0 Å². The first-order valence-corrected chi connectivity index (χ1v) is 8.35. The molecule has 27 heavy (non-hydrogen) atoms. The Hall–Kier alpha value is -3.47. The maximum Gasteiger partial charge on any atom is 0.338 e. The van der Waals surface area contributed by atoms with Crippen LogP contribution in [0.25, 0.3) is 0 Å². The van der Waals surface area contributed by atoms with E-state index in [0.717, 1.165) is 6.07 Å². The number of Topliss-reactive ketones (excluding diaryl/α,β-unsaturated/α-hetero) is 1. The highest BCUT2D eigenvalue weighted by Crippen LogP contribution is 2.16. The van der Waals surface area contributed by atoms with E-state index in [1.54, 1.807) is 24.3 Å². The largest absolute Gasteiger partial charge is 0.489 e. The van der Waals surface area contributed by atoms with Crippen LogP contribution in [0.2, 0.25) is 0 Å². The van der Waals surface area contributed by atoms with Gasteiger partial charge in [-0.3, -0.25) is 4.79 Å². The van der Waals surface area contributed by atoms with Gasteiger partial charge in [-0.05, 0) is 30.3 Å². The molecule has 0 aromatic heterocycles. The van der Waals surface area contributed by atoms with Crippen molar-refractivity contribution in [1.82, 2.24) is 0 Å². The Morgan fingerprint density at radius 2 is 1.59 bits per heavy atom. The fraction of sp³-hybridized carbons (Fsp3) is 0.0909. The van der Waals surface area contributed by atoms with Crippen LogP contribution >= 0.6 is 0 Å². The van der Waals surface area contributed by atoms with E-state index < -0.39 is 24.2 Å². The Labute approximate surface area is 156 Å². The van der Waals surface area contributed by atoms with Gasteiger partial charge in [0.1, 0.15) is 18.2 Å². The van der Waals surface area contributed by atoms with Gasteiger partial charge in [0.2, 0.25) is 0 Å². The van der Waals surface area contributed by atoms with Crippen LogP contribution in [0.4, 0.5) is 4.39 Å². The van der Waals surface area contributed by atoms with Crippen LogP contribution in [0.5, 0.6) is 5.75 Å². The van der Waals surface area contributed by atoms with Gasteiger partial charge in [0.25, 0.3) is 0 Å². The number of halogens is 1. The zero-order chi connectivity index (χ0) is 19.1. The molecular formula is C22H17FO4. The Kier molecular flexibility index (Phi) is 5.94. The molecule has 0 aliphatic carbocycles. The first-order valence-electron chi connectivity index (χ1n) is 8.35. The molecule has 0 saturated heterocycles. The number of hydrogen-bond acceptors (Lipinski definition) is 4. The van der Waals surface area contributed by atoms with Crippen molar-refractivity contribution in [3.05, 3.63) is 101 Å². The predicted octanol–water partition coefficient (Wildman–Crippen LogP) is 4.44. The van der Waals surface area contributed by atoms with Crippen molar-refractivity contribution in [2.75, 3.05) is 6.61 Å². The lowest BCUT2D eigenvalue weighted by molar-refractivity contribution is 0.0472. The number of hydrogen-bond donors (Lipinski definition) is 0. The lowest BCUT2D eigenvalue weighted by Crippen LogP contribution is -2.16. The summed E-state index contributed by atoms with van der Waals surface area (Å²) in [5, 5.41) is 0. The number of ether oxygens (including phenoxy) is 2. The van der Waals surface area contributed by atoms with E-state index in [1.165, 1.54) is 18.2 Å². The molecule has 0 radical (unpaired) electrons. The van der Waals surface area contributed by atoms with E-state index in [-0.39, 0.29) is 12.2 Å². The zero-order valence-electron chi connectivity index (χ0n) is 14.4. The van der Waals surface area contributed by atoms with Crippen molar-refractivity contribution in [1.29, 1.82) is 0 Å². The molecule has 0 bridgehead atoms. The number of carbonyl (C=O) groups is 2. The summed E-state index contributed by atoms with van der Waals surface area (Å²) in [6.07, 6.45) is 0. The molecule has 3 aromatic rings. The monoisotopic (exact) mass is 364 g/mol. The molecule has 0 N–H and O–H groups in total. The minimum Gasteiger partial charge on any atom is -0.489 e. The van der Waals surface area contributed by atoms with Gasteiger partial charge in [-0.25, -0.2) is 9.18 Å². The van der Waals surface area contributed by atoms with Gasteiger partial charge in [0, 0.05) is 11.1 Å². The van der Waals surface area contributed by atoms with Crippen molar-refractivity contribution in [3.8, 4) is 5.75 Å². The number of rotatable bonds is 7. The van der Waals surface area contributed by atoms with E-state index in [9.17, 15) is 14.0 Å². The lowest BCUT2D eigenvalue weighted by Gasteiger charge is -2.11. The van der Waals surface area contributed by atoms with Crippen LogP contribution < -0.4 is 4.74 Å². The molecular weight excluding hydrogens is 347 g/mol. The average molecular weight is 364 g/mol. The molecule has 136 valence electrons. The van der Waals surface area contributed by atoms with Gasteiger partial charge >= 0.3 is 5.97 Å². The highest BCUT2D eigenvalue weighted by atomic mass is 19.1. The van der Waals surface area contributed by atoms with Crippen LogP contribution in [-0.2, 0) is 11.3 Å². The maximum absolute atomic E-state index is 13.2. The summed E-state index contributed by atoms with van der Waals surface area (Å²) in [7, 11) is 0. The molecule has 0 aliphatic heterocycles. The molecule has 0 amide bonds. The minimum atomic E-state index is -0.632. The molecule has 0 fully saturated rings. The second kappa shape index (κ2) is 8.76. The van der Waals surface area contributed by atoms with Gasteiger partial charge in [-0.1, -0.05) is 48.5 Å². The predicted molar refractivity (Wildman–Crippen MR) is 98.2 cm³/mol. The second-order valence-corrected chi connectivity index (χ2v) is 5.77. The molecule has 3 rings (SSSR count). The van der Waals surface area contributed by atoms with Gasteiger partial charge < -0.3 is 9.47 Å². The Balaban J connectivity index is 1.63. The second-order valence-electron chi connectivity index (χ2n) is 5.77. The molecule has 5 heteroatoms. The highest BCUT2D eigenvalue weighted by molar-refractivity contribution is 5.99. The van der Waals surface area contributed by atoms with E-state index in [1.807, 2.05) is 30.3 Å². The van der Waals surface area contributed by atoms with Crippen LogP contribution in [0.15, 0.2) is 78.9 Å². The summed E-state index contributed by atoms with van der Waals surface area (Å²) in [5.74, 6) is -0.939. The first kappa shape index (κ1) is 18.3.